The normalized spacial score (nSPS) is 12.8. The van der Waals surface area contributed by atoms with Gasteiger partial charge in [-0.25, -0.2) is 0 Å². The fourth-order valence-corrected chi connectivity index (χ4v) is 1.86. The van der Waals surface area contributed by atoms with Gasteiger partial charge in [-0.15, -0.1) is 0 Å². The second-order valence-corrected chi connectivity index (χ2v) is 5.46. The summed E-state index contributed by atoms with van der Waals surface area (Å²) in [6.07, 6.45) is 2.47. The van der Waals surface area contributed by atoms with Crippen LogP contribution in [0.1, 0.15) is 33.6 Å². The van der Waals surface area contributed by atoms with E-state index in [9.17, 15) is 0 Å². The van der Waals surface area contributed by atoms with Crippen molar-refractivity contribution < 1.29 is 4.74 Å². The Bertz CT molecular complexity index is 311. The molecule has 0 aliphatic heterocycles. The molecule has 0 heterocycles. The van der Waals surface area contributed by atoms with Crippen molar-refractivity contribution in [3.05, 3.63) is 28.7 Å². The van der Waals surface area contributed by atoms with Crippen molar-refractivity contribution in [1.29, 1.82) is 0 Å². The van der Waals surface area contributed by atoms with Gasteiger partial charge in [0.1, 0.15) is 11.9 Å². The molecule has 1 rings (SSSR count). The second-order valence-electron chi connectivity index (χ2n) is 4.55. The van der Waals surface area contributed by atoms with Crippen molar-refractivity contribution in [1.82, 2.24) is 5.32 Å². The Kier molecular flexibility index (Phi) is 6.60. The maximum Gasteiger partial charge on any atom is 0.119 e. The topological polar surface area (TPSA) is 21.3 Å². The van der Waals surface area contributed by atoms with E-state index >= 15 is 0 Å². The van der Waals surface area contributed by atoms with Crippen LogP contribution in [-0.4, -0.2) is 18.7 Å². The van der Waals surface area contributed by atoms with E-state index in [4.69, 9.17) is 4.74 Å². The molecule has 0 aromatic heterocycles. The van der Waals surface area contributed by atoms with Crippen LogP contribution >= 0.6 is 15.9 Å². The van der Waals surface area contributed by atoms with Crippen molar-refractivity contribution in [2.75, 3.05) is 6.54 Å². The third-order valence-corrected chi connectivity index (χ3v) is 3.01. The van der Waals surface area contributed by atoms with Crippen LogP contribution in [0.4, 0.5) is 0 Å². The number of halogens is 1. The highest BCUT2D eigenvalue weighted by molar-refractivity contribution is 9.10. The fourth-order valence-electron chi connectivity index (χ4n) is 1.60. The molecule has 3 heteroatoms. The quantitative estimate of drug-likeness (QED) is 0.822. The van der Waals surface area contributed by atoms with Gasteiger partial charge >= 0.3 is 0 Å². The summed E-state index contributed by atoms with van der Waals surface area (Å²) in [6.45, 7) is 7.40. The van der Waals surface area contributed by atoms with Gasteiger partial charge in [-0.05, 0) is 30.7 Å². The van der Waals surface area contributed by atoms with Crippen molar-refractivity contribution >= 4 is 15.9 Å². The maximum atomic E-state index is 5.98. The third kappa shape index (κ3) is 6.08. The molecule has 2 nitrogen and oxygen atoms in total. The lowest BCUT2D eigenvalue weighted by Gasteiger charge is -2.20. The molecule has 96 valence electrons. The number of nitrogens with one attached hydrogen (secondary N) is 1. The highest BCUT2D eigenvalue weighted by atomic mass is 79.9. The summed E-state index contributed by atoms with van der Waals surface area (Å²) in [5.74, 6) is 0.942. The van der Waals surface area contributed by atoms with Gasteiger partial charge in [0.05, 0.1) is 0 Å². The van der Waals surface area contributed by atoms with Crippen molar-refractivity contribution in [2.45, 2.75) is 45.8 Å². The van der Waals surface area contributed by atoms with Crippen LogP contribution in [0.5, 0.6) is 5.75 Å². The minimum atomic E-state index is 0.253. The van der Waals surface area contributed by atoms with Crippen LogP contribution in [0.2, 0.25) is 0 Å². The molecule has 0 fully saturated rings. The van der Waals surface area contributed by atoms with Gasteiger partial charge < -0.3 is 10.1 Å². The zero-order valence-corrected chi connectivity index (χ0v) is 12.5. The van der Waals surface area contributed by atoms with Gasteiger partial charge in [0, 0.05) is 17.1 Å². The Morgan fingerprint density at radius 1 is 1.24 bits per heavy atom. The Labute approximate surface area is 113 Å². The summed E-state index contributed by atoms with van der Waals surface area (Å²) < 4.78 is 7.06. The lowest BCUT2D eigenvalue weighted by molar-refractivity contribution is 0.183. The van der Waals surface area contributed by atoms with Gasteiger partial charge in [-0.3, -0.25) is 0 Å². The first kappa shape index (κ1) is 14.5. The molecule has 0 aliphatic carbocycles. The van der Waals surface area contributed by atoms with E-state index in [1.54, 1.807) is 0 Å². The van der Waals surface area contributed by atoms with Gasteiger partial charge in [-0.2, -0.15) is 0 Å². The Hall–Kier alpha value is -0.540. The van der Waals surface area contributed by atoms with Crippen LogP contribution in [0.15, 0.2) is 28.7 Å². The molecule has 1 aromatic carbocycles. The molecule has 0 saturated carbocycles. The Balaban J connectivity index is 2.50. The highest BCUT2D eigenvalue weighted by Gasteiger charge is 2.09. The van der Waals surface area contributed by atoms with Crippen LogP contribution < -0.4 is 10.1 Å². The number of ether oxygens (including phenoxy) is 1. The predicted octanol–water partition coefficient (Wildman–Crippen LogP) is 3.99. The van der Waals surface area contributed by atoms with Crippen molar-refractivity contribution in [3.63, 3.8) is 0 Å². The van der Waals surface area contributed by atoms with Gasteiger partial charge in [0.2, 0.25) is 0 Å². The molecular weight excluding hydrogens is 278 g/mol. The monoisotopic (exact) mass is 299 g/mol. The van der Waals surface area contributed by atoms with E-state index in [1.807, 2.05) is 24.3 Å². The summed E-state index contributed by atoms with van der Waals surface area (Å²) in [6, 6.07) is 8.52. The minimum Gasteiger partial charge on any atom is -0.489 e. The van der Waals surface area contributed by atoms with E-state index in [0.29, 0.717) is 6.04 Å². The molecule has 0 spiro atoms. The molecule has 0 radical (unpaired) electrons. The largest absolute Gasteiger partial charge is 0.489 e. The predicted molar refractivity (Wildman–Crippen MR) is 76.6 cm³/mol. The molecule has 0 amide bonds. The molecule has 0 saturated heterocycles. The lowest BCUT2D eigenvalue weighted by Crippen LogP contribution is -2.35. The van der Waals surface area contributed by atoms with E-state index < -0.39 is 0 Å². The van der Waals surface area contributed by atoms with Gasteiger partial charge in [-0.1, -0.05) is 43.1 Å². The summed E-state index contributed by atoms with van der Waals surface area (Å²) in [4.78, 5) is 0. The van der Waals surface area contributed by atoms with Crippen LogP contribution in [0.25, 0.3) is 0 Å². The summed E-state index contributed by atoms with van der Waals surface area (Å²) in [5, 5.41) is 3.43. The number of hydrogen-bond acceptors (Lipinski definition) is 2. The van der Waals surface area contributed by atoms with Crippen molar-refractivity contribution in [3.8, 4) is 5.75 Å². The number of rotatable bonds is 7. The summed E-state index contributed by atoms with van der Waals surface area (Å²) in [5.41, 5.74) is 0. The van der Waals surface area contributed by atoms with E-state index in [-0.39, 0.29) is 6.10 Å². The van der Waals surface area contributed by atoms with Gasteiger partial charge in [0.25, 0.3) is 0 Å². The maximum absolute atomic E-state index is 5.98. The zero-order valence-electron chi connectivity index (χ0n) is 10.9. The average Bonchev–Trinajstić information content (AvgIpc) is 2.29. The fraction of sp³-hybridized carbons (Fsp3) is 0.571. The van der Waals surface area contributed by atoms with Crippen molar-refractivity contribution in [2.24, 2.45) is 0 Å². The first-order valence-electron chi connectivity index (χ1n) is 6.27. The van der Waals surface area contributed by atoms with Crippen LogP contribution in [0, 0.1) is 0 Å². The molecule has 1 aromatic rings. The molecule has 17 heavy (non-hydrogen) atoms. The Morgan fingerprint density at radius 3 is 2.41 bits per heavy atom. The average molecular weight is 300 g/mol. The third-order valence-electron chi connectivity index (χ3n) is 2.48. The van der Waals surface area contributed by atoms with E-state index in [1.165, 1.54) is 0 Å². The Morgan fingerprint density at radius 2 is 1.88 bits per heavy atom. The smallest absolute Gasteiger partial charge is 0.119 e. The first-order valence-corrected chi connectivity index (χ1v) is 7.06. The molecule has 0 bridgehead atoms. The molecule has 0 aliphatic rings. The first-order chi connectivity index (χ1) is 8.11. The lowest BCUT2D eigenvalue weighted by atomic mass is 10.2. The highest BCUT2D eigenvalue weighted by Crippen LogP contribution is 2.18. The van der Waals surface area contributed by atoms with Crippen LogP contribution in [0.3, 0.4) is 0 Å². The molecule has 1 N–H and O–H groups in total. The molecular formula is C14H22BrNO. The zero-order chi connectivity index (χ0) is 12.7. The SMILES string of the molecule is CCCC(CNC(C)C)Oc1ccc(Br)cc1. The van der Waals surface area contributed by atoms with E-state index in [2.05, 4.69) is 42.0 Å². The molecule has 1 atom stereocenters. The standard InChI is InChI=1S/C14H22BrNO/c1-4-5-14(10-16-11(2)3)17-13-8-6-12(15)7-9-13/h6-9,11,14,16H,4-5,10H2,1-3H3. The van der Waals surface area contributed by atoms with E-state index in [0.717, 1.165) is 29.6 Å². The number of hydrogen-bond donors (Lipinski definition) is 1. The second kappa shape index (κ2) is 7.72. The van der Waals surface area contributed by atoms with Gasteiger partial charge in [0.15, 0.2) is 0 Å². The number of benzene rings is 1. The summed E-state index contributed by atoms with van der Waals surface area (Å²) in [7, 11) is 0. The minimum absolute atomic E-state index is 0.253. The van der Waals surface area contributed by atoms with Crippen LogP contribution in [-0.2, 0) is 0 Å². The summed E-state index contributed by atoms with van der Waals surface area (Å²) >= 11 is 3.42. The molecule has 1 unspecified atom stereocenters.